The number of carbonyl (C=O) groups is 1. The Labute approximate surface area is 118 Å². The van der Waals surface area contributed by atoms with Gasteiger partial charge in [0, 0.05) is 24.9 Å². The van der Waals surface area contributed by atoms with Gasteiger partial charge in [-0.3, -0.25) is 4.79 Å². The highest BCUT2D eigenvalue weighted by molar-refractivity contribution is 5.83. The predicted octanol–water partition coefficient (Wildman–Crippen LogP) is 2.06. The quantitative estimate of drug-likeness (QED) is 0.760. The second-order valence-electron chi connectivity index (χ2n) is 4.47. The molecule has 1 aromatic heterocycles. The number of amides is 1. The third-order valence-corrected chi connectivity index (χ3v) is 2.98. The first kappa shape index (κ1) is 14.4. The number of furan rings is 1. The summed E-state index contributed by atoms with van der Waals surface area (Å²) < 4.78 is 11.0. The number of benzene rings is 1. The minimum absolute atomic E-state index is 0.0614. The minimum Gasteiger partial charge on any atom is -0.493 e. The van der Waals surface area contributed by atoms with E-state index < -0.39 is 0 Å². The van der Waals surface area contributed by atoms with E-state index in [1.165, 1.54) is 0 Å². The molecule has 0 atom stereocenters. The fourth-order valence-corrected chi connectivity index (χ4v) is 2.04. The van der Waals surface area contributed by atoms with Crippen molar-refractivity contribution in [2.75, 3.05) is 20.2 Å². The number of para-hydroxylation sites is 1. The number of nitrogens with one attached hydrogen (secondary N) is 2. The standard InChI is InChI=1S/C15H20N2O3/c1-3-17-14(18)7-8-16-10-12-9-11-5-4-6-13(19-2)15(11)20-12/h4-6,9,16H,3,7-8,10H2,1-2H3,(H,17,18). The SMILES string of the molecule is CCNC(=O)CCNCc1cc2cccc(OC)c2o1. The van der Waals surface area contributed by atoms with Crippen molar-refractivity contribution in [3.63, 3.8) is 0 Å². The highest BCUT2D eigenvalue weighted by Crippen LogP contribution is 2.28. The van der Waals surface area contributed by atoms with Gasteiger partial charge in [0.1, 0.15) is 5.76 Å². The lowest BCUT2D eigenvalue weighted by Crippen LogP contribution is -2.27. The molecule has 0 bridgehead atoms. The summed E-state index contributed by atoms with van der Waals surface area (Å²) in [6.07, 6.45) is 0.470. The molecule has 1 aromatic carbocycles. The molecule has 2 N–H and O–H groups in total. The van der Waals surface area contributed by atoms with Gasteiger partial charge >= 0.3 is 0 Å². The molecule has 0 fully saturated rings. The lowest BCUT2D eigenvalue weighted by Gasteiger charge is -2.03. The van der Waals surface area contributed by atoms with Crippen LogP contribution in [-0.2, 0) is 11.3 Å². The molecule has 0 saturated carbocycles. The van der Waals surface area contributed by atoms with Gasteiger partial charge in [0.2, 0.25) is 5.91 Å². The van der Waals surface area contributed by atoms with E-state index in [1.807, 2.05) is 31.2 Å². The zero-order chi connectivity index (χ0) is 14.4. The maximum Gasteiger partial charge on any atom is 0.221 e. The van der Waals surface area contributed by atoms with Crippen LogP contribution in [0, 0.1) is 0 Å². The van der Waals surface area contributed by atoms with Gasteiger partial charge in [-0.15, -0.1) is 0 Å². The second-order valence-corrected chi connectivity index (χ2v) is 4.47. The molecule has 0 spiro atoms. The summed E-state index contributed by atoms with van der Waals surface area (Å²) in [5.41, 5.74) is 0.760. The Morgan fingerprint density at radius 1 is 1.40 bits per heavy atom. The zero-order valence-corrected chi connectivity index (χ0v) is 11.9. The van der Waals surface area contributed by atoms with Crippen molar-refractivity contribution in [2.45, 2.75) is 19.9 Å². The van der Waals surface area contributed by atoms with E-state index in [4.69, 9.17) is 9.15 Å². The Bertz CT molecular complexity index is 578. The van der Waals surface area contributed by atoms with Crippen molar-refractivity contribution in [3.8, 4) is 5.75 Å². The second kappa shape index (κ2) is 6.96. The normalized spacial score (nSPS) is 10.7. The van der Waals surface area contributed by atoms with Gasteiger partial charge in [0.25, 0.3) is 0 Å². The van der Waals surface area contributed by atoms with E-state index in [1.54, 1.807) is 7.11 Å². The van der Waals surface area contributed by atoms with Crippen molar-refractivity contribution in [1.82, 2.24) is 10.6 Å². The average molecular weight is 276 g/mol. The highest BCUT2D eigenvalue weighted by atomic mass is 16.5. The summed E-state index contributed by atoms with van der Waals surface area (Å²) in [5, 5.41) is 6.97. The van der Waals surface area contributed by atoms with Gasteiger partial charge in [-0.25, -0.2) is 0 Å². The number of rotatable bonds is 7. The van der Waals surface area contributed by atoms with E-state index >= 15 is 0 Å². The molecule has 1 amide bonds. The van der Waals surface area contributed by atoms with Crippen molar-refractivity contribution in [2.24, 2.45) is 0 Å². The number of hydrogen-bond donors (Lipinski definition) is 2. The Balaban J connectivity index is 1.89. The first-order valence-corrected chi connectivity index (χ1v) is 6.77. The van der Waals surface area contributed by atoms with Crippen molar-refractivity contribution < 1.29 is 13.9 Å². The first-order valence-electron chi connectivity index (χ1n) is 6.77. The van der Waals surface area contributed by atoms with Crippen LogP contribution in [0.4, 0.5) is 0 Å². The summed E-state index contributed by atoms with van der Waals surface area (Å²) in [6.45, 7) is 3.80. The maximum atomic E-state index is 11.3. The Kier molecular flexibility index (Phi) is 5.01. The molecule has 0 radical (unpaired) electrons. The summed E-state index contributed by atoms with van der Waals surface area (Å²) in [6, 6.07) is 7.78. The average Bonchev–Trinajstić information content (AvgIpc) is 2.86. The molecule has 2 rings (SSSR count). The Morgan fingerprint density at radius 2 is 2.25 bits per heavy atom. The molecule has 5 heteroatoms. The van der Waals surface area contributed by atoms with Crippen LogP contribution in [0.5, 0.6) is 5.75 Å². The molecule has 108 valence electrons. The summed E-state index contributed by atoms with van der Waals surface area (Å²) in [5.74, 6) is 1.63. The number of hydrogen-bond acceptors (Lipinski definition) is 4. The van der Waals surface area contributed by atoms with Gasteiger partial charge < -0.3 is 19.8 Å². The van der Waals surface area contributed by atoms with E-state index in [0.717, 1.165) is 22.5 Å². The fraction of sp³-hybridized carbons (Fsp3) is 0.400. The molecule has 5 nitrogen and oxygen atoms in total. The predicted molar refractivity (Wildman–Crippen MR) is 77.8 cm³/mol. The van der Waals surface area contributed by atoms with Crippen LogP contribution in [0.3, 0.4) is 0 Å². The highest BCUT2D eigenvalue weighted by Gasteiger charge is 2.08. The van der Waals surface area contributed by atoms with Gasteiger partial charge in [0.05, 0.1) is 13.7 Å². The monoisotopic (exact) mass is 276 g/mol. The first-order chi connectivity index (χ1) is 9.74. The van der Waals surface area contributed by atoms with Crippen molar-refractivity contribution >= 4 is 16.9 Å². The minimum atomic E-state index is 0.0614. The Hall–Kier alpha value is -2.01. The van der Waals surface area contributed by atoms with Crippen LogP contribution in [-0.4, -0.2) is 26.1 Å². The molecule has 2 aromatic rings. The largest absolute Gasteiger partial charge is 0.493 e. The Morgan fingerprint density at radius 3 is 3.00 bits per heavy atom. The van der Waals surface area contributed by atoms with E-state index in [0.29, 0.717) is 26.1 Å². The van der Waals surface area contributed by atoms with Crippen LogP contribution in [0.25, 0.3) is 11.0 Å². The van der Waals surface area contributed by atoms with Crippen molar-refractivity contribution in [1.29, 1.82) is 0 Å². The molecule has 0 aliphatic carbocycles. The molecular formula is C15H20N2O3. The van der Waals surface area contributed by atoms with Crippen LogP contribution in [0.15, 0.2) is 28.7 Å². The molecule has 1 heterocycles. The lowest BCUT2D eigenvalue weighted by atomic mass is 10.2. The van der Waals surface area contributed by atoms with Gasteiger partial charge in [-0.1, -0.05) is 12.1 Å². The summed E-state index contributed by atoms with van der Waals surface area (Å²) in [4.78, 5) is 11.3. The molecule has 0 aliphatic heterocycles. The summed E-state index contributed by atoms with van der Waals surface area (Å²) >= 11 is 0. The number of fused-ring (bicyclic) bond motifs is 1. The van der Waals surface area contributed by atoms with Gasteiger partial charge in [-0.2, -0.15) is 0 Å². The van der Waals surface area contributed by atoms with Crippen LogP contribution < -0.4 is 15.4 Å². The third-order valence-electron chi connectivity index (χ3n) is 2.98. The van der Waals surface area contributed by atoms with E-state index in [9.17, 15) is 4.79 Å². The van der Waals surface area contributed by atoms with Crippen LogP contribution in [0.1, 0.15) is 19.1 Å². The molecule has 20 heavy (non-hydrogen) atoms. The van der Waals surface area contributed by atoms with Gasteiger partial charge in [0.15, 0.2) is 11.3 Å². The molecule has 0 saturated heterocycles. The van der Waals surface area contributed by atoms with Gasteiger partial charge in [-0.05, 0) is 19.1 Å². The fourth-order valence-electron chi connectivity index (χ4n) is 2.04. The maximum absolute atomic E-state index is 11.3. The van der Waals surface area contributed by atoms with Crippen molar-refractivity contribution in [3.05, 3.63) is 30.0 Å². The number of methoxy groups -OCH3 is 1. The number of ether oxygens (including phenoxy) is 1. The smallest absolute Gasteiger partial charge is 0.221 e. The molecular weight excluding hydrogens is 256 g/mol. The summed E-state index contributed by atoms with van der Waals surface area (Å²) in [7, 11) is 1.63. The molecule has 0 unspecified atom stereocenters. The third kappa shape index (κ3) is 3.51. The zero-order valence-electron chi connectivity index (χ0n) is 11.9. The lowest BCUT2D eigenvalue weighted by molar-refractivity contribution is -0.120. The molecule has 0 aliphatic rings. The van der Waals surface area contributed by atoms with E-state index in [2.05, 4.69) is 10.6 Å². The topological polar surface area (TPSA) is 63.5 Å². The van der Waals surface area contributed by atoms with Crippen LogP contribution >= 0.6 is 0 Å². The van der Waals surface area contributed by atoms with Crippen LogP contribution in [0.2, 0.25) is 0 Å². The number of carbonyl (C=O) groups excluding carboxylic acids is 1. The van der Waals surface area contributed by atoms with E-state index in [-0.39, 0.29) is 5.91 Å².